The normalized spacial score (nSPS) is 10.6. The van der Waals surface area contributed by atoms with Crippen molar-refractivity contribution in [3.05, 3.63) is 94.7 Å². The molecule has 0 unspecified atom stereocenters. The van der Waals surface area contributed by atoms with Crippen molar-refractivity contribution in [3.8, 4) is 22.3 Å². The molecular weight excluding hydrogens is 410 g/mol. The molecule has 0 atom stereocenters. The van der Waals surface area contributed by atoms with E-state index in [0.29, 0.717) is 11.4 Å². The van der Waals surface area contributed by atoms with Crippen LogP contribution in [0.5, 0.6) is 0 Å². The predicted molar refractivity (Wildman–Crippen MR) is 120 cm³/mol. The van der Waals surface area contributed by atoms with Crippen LogP contribution in [0.2, 0.25) is 0 Å². The number of carbonyl (C=O) groups is 2. The van der Waals surface area contributed by atoms with Gasteiger partial charge in [0, 0.05) is 24.5 Å². The van der Waals surface area contributed by atoms with Gasteiger partial charge in [0.1, 0.15) is 6.33 Å². The van der Waals surface area contributed by atoms with E-state index in [9.17, 15) is 9.59 Å². The number of carboxylic acids is 1. The van der Waals surface area contributed by atoms with E-state index < -0.39 is 5.97 Å². The third-order valence-electron chi connectivity index (χ3n) is 4.77. The van der Waals surface area contributed by atoms with Gasteiger partial charge in [-0.15, -0.1) is 11.3 Å². The SMILES string of the molecule is O=C(O)Cc1ccc(CNC(=O)c2cc(-c3ccc(-c4cncnc4)cc3)cs2)cc1. The minimum Gasteiger partial charge on any atom is -0.481 e. The fraction of sp³-hybridized carbons (Fsp3) is 0.0833. The molecule has 31 heavy (non-hydrogen) atoms. The van der Waals surface area contributed by atoms with Gasteiger partial charge >= 0.3 is 5.97 Å². The molecule has 2 N–H and O–H groups in total. The van der Waals surface area contributed by atoms with Crippen molar-refractivity contribution in [1.29, 1.82) is 0 Å². The minimum absolute atomic E-state index is 0.00921. The molecule has 0 aliphatic heterocycles. The first-order valence-corrected chi connectivity index (χ1v) is 10.5. The molecule has 0 spiro atoms. The topological polar surface area (TPSA) is 92.2 Å². The third-order valence-corrected chi connectivity index (χ3v) is 5.70. The predicted octanol–water partition coefficient (Wildman–Crippen LogP) is 4.43. The Morgan fingerprint density at radius 3 is 2.10 bits per heavy atom. The lowest BCUT2D eigenvalue weighted by molar-refractivity contribution is -0.136. The highest BCUT2D eigenvalue weighted by molar-refractivity contribution is 7.12. The molecule has 4 rings (SSSR count). The van der Waals surface area contributed by atoms with Crippen LogP contribution < -0.4 is 5.32 Å². The van der Waals surface area contributed by atoms with Crippen LogP contribution in [0, 0.1) is 0 Å². The zero-order valence-corrected chi connectivity index (χ0v) is 17.3. The molecule has 4 aromatic rings. The Hall–Kier alpha value is -3.84. The van der Waals surface area contributed by atoms with Crippen LogP contribution >= 0.6 is 11.3 Å². The Labute approximate surface area is 183 Å². The molecule has 1 amide bonds. The van der Waals surface area contributed by atoms with Crippen molar-refractivity contribution in [3.63, 3.8) is 0 Å². The maximum absolute atomic E-state index is 12.5. The van der Waals surface area contributed by atoms with Crippen molar-refractivity contribution in [2.45, 2.75) is 13.0 Å². The first-order valence-electron chi connectivity index (χ1n) is 9.60. The molecule has 0 radical (unpaired) electrons. The van der Waals surface area contributed by atoms with Crippen LogP contribution in [0.25, 0.3) is 22.3 Å². The summed E-state index contributed by atoms with van der Waals surface area (Å²) in [6.07, 6.45) is 5.04. The minimum atomic E-state index is -0.863. The Kier molecular flexibility index (Phi) is 6.14. The molecule has 0 saturated carbocycles. The Morgan fingerprint density at radius 1 is 0.839 bits per heavy atom. The van der Waals surface area contributed by atoms with E-state index >= 15 is 0 Å². The van der Waals surface area contributed by atoms with Crippen LogP contribution in [0.1, 0.15) is 20.8 Å². The highest BCUT2D eigenvalue weighted by atomic mass is 32.1. The van der Waals surface area contributed by atoms with Crippen LogP contribution in [0.15, 0.2) is 78.7 Å². The van der Waals surface area contributed by atoms with Gasteiger partial charge in [-0.1, -0.05) is 48.5 Å². The summed E-state index contributed by atoms with van der Waals surface area (Å²) < 4.78 is 0. The van der Waals surface area contributed by atoms with E-state index in [2.05, 4.69) is 15.3 Å². The maximum Gasteiger partial charge on any atom is 0.307 e. The Morgan fingerprint density at radius 2 is 1.45 bits per heavy atom. The van der Waals surface area contributed by atoms with Crippen LogP contribution in [-0.2, 0) is 17.8 Å². The number of hydrogen-bond acceptors (Lipinski definition) is 5. The van der Waals surface area contributed by atoms with Crippen molar-refractivity contribution < 1.29 is 14.7 Å². The highest BCUT2D eigenvalue weighted by Gasteiger charge is 2.11. The number of nitrogens with zero attached hydrogens (tertiary/aromatic N) is 2. The van der Waals surface area contributed by atoms with E-state index in [-0.39, 0.29) is 12.3 Å². The number of amides is 1. The van der Waals surface area contributed by atoms with Gasteiger partial charge in [0.15, 0.2) is 0 Å². The molecule has 2 aromatic carbocycles. The van der Waals surface area contributed by atoms with E-state index in [0.717, 1.165) is 33.4 Å². The number of rotatable bonds is 7. The van der Waals surface area contributed by atoms with E-state index in [1.807, 2.05) is 47.8 Å². The first-order chi connectivity index (χ1) is 15.1. The zero-order chi connectivity index (χ0) is 21.6. The largest absolute Gasteiger partial charge is 0.481 e. The van der Waals surface area contributed by atoms with Crippen LogP contribution in [0.4, 0.5) is 0 Å². The number of carboxylic acid groups (broad SMARTS) is 1. The second-order valence-corrected chi connectivity index (χ2v) is 7.89. The lowest BCUT2D eigenvalue weighted by Gasteiger charge is -2.05. The molecule has 2 heterocycles. The molecule has 6 nitrogen and oxygen atoms in total. The molecule has 7 heteroatoms. The highest BCUT2D eigenvalue weighted by Crippen LogP contribution is 2.28. The third kappa shape index (κ3) is 5.21. The lowest BCUT2D eigenvalue weighted by Crippen LogP contribution is -2.21. The van der Waals surface area contributed by atoms with E-state index in [1.165, 1.54) is 17.7 Å². The smallest absolute Gasteiger partial charge is 0.307 e. The Balaban J connectivity index is 1.38. The van der Waals surface area contributed by atoms with Crippen LogP contribution in [-0.4, -0.2) is 27.0 Å². The second-order valence-electron chi connectivity index (χ2n) is 6.97. The average molecular weight is 430 g/mol. The van der Waals surface area contributed by atoms with Gasteiger partial charge in [-0.3, -0.25) is 9.59 Å². The van der Waals surface area contributed by atoms with Gasteiger partial charge in [0.05, 0.1) is 11.3 Å². The summed E-state index contributed by atoms with van der Waals surface area (Å²) in [4.78, 5) is 32.0. The number of aromatic nitrogens is 2. The standard InChI is InChI=1S/C24H19N3O3S/c28-23(29)9-16-1-3-17(4-2-16)11-27-24(30)22-10-20(14-31-22)18-5-7-19(8-6-18)21-12-25-15-26-13-21/h1-8,10,12-15H,9,11H2,(H,27,30)(H,28,29). The summed E-state index contributed by atoms with van der Waals surface area (Å²) in [6.45, 7) is 0.382. The number of nitrogens with one attached hydrogen (secondary N) is 1. The maximum atomic E-state index is 12.5. The van der Waals surface area contributed by atoms with Gasteiger partial charge in [-0.25, -0.2) is 9.97 Å². The molecule has 0 aliphatic rings. The lowest BCUT2D eigenvalue weighted by atomic mass is 10.0. The summed E-state index contributed by atoms with van der Waals surface area (Å²) in [6, 6.07) is 17.1. The van der Waals surface area contributed by atoms with Gasteiger partial charge < -0.3 is 10.4 Å². The molecule has 0 fully saturated rings. The first kappa shape index (κ1) is 20.4. The van der Waals surface area contributed by atoms with Crippen molar-refractivity contribution in [2.24, 2.45) is 0 Å². The van der Waals surface area contributed by atoms with Gasteiger partial charge in [-0.05, 0) is 39.3 Å². The van der Waals surface area contributed by atoms with E-state index in [4.69, 9.17) is 5.11 Å². The summed E-state index contributed by atoms with van der Waals surface area (Å²) in [5.41, 5.74) is 5.66. The molecule has 0 saturated heterocycles. The zero-order valence-electron chi connectivity index (χ0n) is 16.5. The summed E-state index contributed by atoms with van der Waals surface area (Å²) in [7, 11) is 0. The summed E-state index contributed by atoms with van der Waals surface area (Å²) in [5.74, 6) is -0.998. The summed E-state index contributed by atoms with van der Waals surface area (Å²) >= 11 is 1.40. The second kappa shape index (κ2) is 9.32. The van der Waals surface area contributed by atoms with E-state index in [1.54, 1.807) is 24.5 Å². The molecule has 2 aromatic heterocycles. The average Bonchev–Trinajstić information content (AvgIpc) is 3.29. The number of hydrogen-bond donors (Lipinski definition) is 2. The monoisotopic (exact) mass is 429 g/mol. The van der Waals surface area contributed by atoms with Gasteiger partial charge in [-0.2, -0.15) is 0 Å². The molecular formula is C24H19N3O3S. The van der Waals surface area contributed by atoms with Crippen LogP contribution in [0.3, 0.4) is 0 Å². The number of carbonyl (C=O) groups excluding carboxylic acids is 1. The molecule has 154 valence electrons. The van der Waals surface area contributed by atoms with Gasteiger partial charge in [0.25, 0.3) is 5.91 Å². The fourth-order valence-electron chi connectivity index (χ4n) is 3.13. The summed E-state index contributed by atoms with van der Waals surface area (Å²) in [5, 5.41) is 13.7. The Bertz CT molecular complexity index is 1190. The molecule has 0 aliphatic carbocycles. The number of benzene rings is 2. The van der Waals surface area contributed by atoms with Crippen molar-refractivity contribution in [1.82, 2.24) is 15.3 Å². The molecule has 0 bridgehead atoms. The van der Waals surface area contributed by atoms with Gasteiger partial charge in [0.2, 0.25) is 0 Å². The fourth-order valence-corrected chi connectivity index (χ4v) is 3.96. The number of thiophene rings is 1. The quantitative estimate of drug-likeness (QED) is 0.453. The number of aliphatic carboxylic acids is 1. The van der Waals surface area contributed by atoms with Crippen molar-refractivity contribution >= 4 is 23.2 Å². The van der Waals surface area contributed by atoms with Crippen molar-refractivity contribution in [2.75, 3.05) is 0 Å².